The van der Waals surface area contributed by atoms with Crippen molar-refractivity contribution < 1.29 is 9.53 Å². The Labute approximate surface area is 143 Å². The van der Waals surface area contributed by atoms with Gasteiger partial charge in [-0.15, -0.1) is 11.3 Å². The van der Waals surface area contributed by atoms with Crippen molar-refractivity contribution in [3.63, 3.8) is 0 Å². The van der Waals surface area contributed by atoms with E-state index in [1.54, 1.807) is 11.3 Å². The molecular formula is C20H15NO2S. The molecule has 0 aliphatic carbocycles. The van der Waals surface area contributed by atoms with E-state index in [0.717, 1.165) is 26.2 Å². The standard InChI is InChI=1S/C20H15NO2S/c22-20(12-14-9-10-15-5-1-2-6-16(15)11-14)23-13-19-21-17-7-3-4-8-18(17)24-19/h1-11H,12-13H2. The smallest absolute Gasteiger partial charge is 0.310 e. The molecule has 0 bridgehead atoms. The SMILES string of the molecule is O=C(Cc1ccc2ccccc2c1)OCc1nc2ccccc2s1. The zero-order valence-corrected chi connectivity index (χ0v) is 13.8. The van der Waals surface area contributed by atoms with Gasteiger partial charge in [-0.2, -0.15) is 0 Å². The fourth-order valence-corrected chi connectivity index (χ4v) is 3.57. The number of thiazole rings is 1. The molecule has 24 heavy (non-hydrogen) atoms. The van der Waals surface area contributed by atoms with Gasteiger partial charge in [-0.05, 0) is 28.5 Å². The number of esters is 1. The lowest BCUT2D eigenvalue weighted by molar-refractivity contribution is -0.144. The summed E-state index contributed by atoms with van der Waals surface area (Å²) in [7, 11) is 0. The van der Waals surface area contributed by atoms with Crippen molar-refractivity contribution in [2.45, 2.75) is 13.0 Å². The normalized spacial score (nSPS) is 11.0. The van der Waals surface area contributed by atoms with Crippen LogP contribution in [0.5, 0.6) is 0 Å². The Morgan fingerprint density at radius 1 is 0.958 bits per heavy atom. The van der Waals surface area contributed by atoms with Crippen LogP contribution >= 0.6 is 11.3 Å². The topological polar surface area (TPSA) is 39.2 Å². The number of carbonyl (C=O) groups is 1. The number of carbonyl (C=O) groups excluding carboxylic acids is 1. The molecule has 0 fully saturated rings. The van der Waals surface area contributed by atoms with Gasteiger partial charge in [0.05, 0.1) is 16.6 Å². The molecule has 3 nitrogen and oxygen atoms in total. The van der Waals surface area contributed by atoms with Crippen molar-refractivity contribution in [2.75, 3.05) is 0 Å². The summed E-state index contributed by atoms with van der Waals surface area (Å²) in [5.74, 6) is -0.232. The van der Waals surface area contributed by atoms with Gasteiger partial charge in [0.15, 0.2) is 0 Å². The Balaban J connectivity index is 1.42. The molecule has 0 N–H and O–H groups in total. The van der Waals surface area contributed by atoms with E-state index in [2.05, 4.69) is 11.1 Å². The zero-order valence-electron chi connectivity index (χ0n) is 12.9. The molecule has 0 spiro atoms. The summed E-state index contributed by atoms with van der Waals surface area (Å²) in [6.07, 6.45) is 0.274. The molecule has 0 saturated carbocycles. The fourth-order valence-electron chi connectivity index (χ4n) is 2.69. The maximum absolute atomic E-state index is 12.1. The van der Waals surface area contributed by atoms with Crippen molar-refractivity contribution in [1.82, 2.24) is 4.98 Å². The number of ether oxygens (including phenoxy) is 1. The lowest BCUT2D eigenvalue weighted by atomic mass is 10.1. The third-order valence-electron chi connectivity index (χ3n) is 3.86. The molecule has 0 aliphatic heterocycles. The number of hydrogen-bond donors (Lipinski definition) is 0. The molecule has 4 aromatic rings. The first kappa shape index (κ1) is 14.8. The minimum Gasteiger partial charge on any atom is -0.458 e. The number of para-hydroxylation sites is 1. The molecule has 3 aromatic carbocycles. The number of benzene rings is 3. The number of hydrogen-bond acceptors (Lipinski definition) is 4. The second kappa shape index (κ2) is 6.42. The molecule has 0 saturated heterocycles. The monoisotopic (exact) mass is 333 g/mol. The van der Waals surface area contributed by atoms with Crippen LogP contribution < -0.4 is 0 Å². The summed E-state index contributed by atoms with van der Waals surface area (Å²) in [6.45, 7) is 0.228. The lowest BCUT2D eigenvalue weighted by Gasteiger charge is -2.04. The first-order valence-electron chi connectivity index (χ1n) is 7.76. The van der Waals surface area contributed by atoms with E-state index in [9.17, 15) is 4.79 Å². The number of rotatable bonds is 4. The summed E-state index contributed by atoms with van der Waals surface area (Å²) in [5, 5.41) is 3.13. The van der Waals surface area contributed by atoms with Gasteiger partial charge in [-0.3, -0.25) is 4.79 Å². The quantitative estimate of drug-likeness (QED) is 0.507. The van der Waals surface area contributed by atoms with Crippen LogP contribution in [0.3, 0.4) is 0 Å². The van der Waals surface area contributed by atoms with Gasteiger partial charge < -0.3 is 4.74 Å². The van der Waals surface area contributed by atoms with Crippen molar-refractivity contribution in [1.29, 1.82) is 0 Å². The van der Waals surface area contributed by atoms with Crippen molar-refractivity contribution >= 4 is 38.3 Å². The van der Waals surface area contributed by atoms with Crippen molar-refractivity contribution in [2.24, 2.45) is 0 Å². The molecule has 1 heterocycles. The van der Waals surface area contributed by atoms with E-state index in [1.165, 1.54) is 5.39 Å². The molecule has 4 heteroatoms. The molecule has 0 amide bonds. The summed E-state index contributed by atoms with van der Waals surface area (Å²) in [6, 6.07) is 22.1. The summed E-state index contributed by atoms with van der Waals surface area (Å²) < 4.78 is 6.49. The van der Waals surface area contributed by atoms with Crippen LogP contribution in [0.25, 0.3) is 21.0 Å². The van der Waals surface area contributed by atoms with Crippen LogP contribution in [0.1, 0.15) is 10.6 Å². The first-order valence-corrected chi connectivity index (χ1v) is 8.57. The summed E-state index contributed by atoms with van der Waals surface area (Å²) >= 11 is 1.56. The van der Waals surface area contributed by atoms with E-state index in [4.69, 9.17) is 4.74 Å². The molecular weight excluding hydrogens is 318 g/mol. The number of fused-ring (bicyclic) bond motifs is 2. The number of aromatic nitrogens is 1. The molecule has 118 valence electrons. The Morgan fingerprint density at radius 2 is 1.75 bits per heavy atom. The highest BCUT2D eigenvalue weighted by molar-refractivity contribution is 7.18. The van der Waals surface area contributed by atoms with Crippen LogP contribution in [0.15, 0.2) is 66.7 Å². The molecule has 0 atom stereocenters. The average Bonchev–Trinajstić information content (AvgIpc) is 3.03. The molecule has 1 aromatic heterocycles. The van der Waals surface area contributed by atoms with Gasteiger partial charge in [-0.25, -0.2) is 4.98 Å². The minimum absolute atomic E-state index is 0.228. The Morgan fingerprint density at radius 3 is 2.62 bits per heavy atom. The average molecular weight is 333 g/mol. The van der Waals surface area contributed by atoms with Gasteiger partial charge in [0.25, 0.3) is 0 Å². The zero-order chi connectivity index (χ0) is 16.4. The van der Waals surface area contributed by atoms with E-state index >= 15 is 0 Å². The van der Waals surface area contributed by atoms with Crippen LogP contribution in [-0.4, -0.2) is 11.0 Å². The fraction of sp³-hybridized carbons (Fsp3) is 0.100. The van der Waals surface area contributed by atoms with Gasteiger partial charge in [-0.1, -0.05) is 54.6 Å². The second-order valence-corrected chi connectivity index (χ2v) is 6.71. The highest BCUT2D eigenvalue weighted by Crippen LogP contribution is 2.22. The Kier molecular flexibility index (Phi) is 3.97. The molecule has 0 radical (unpaired) electrons. The molecule has 0 unspecified atom stereocenters. The maximum atomic E-state index is 12.1. The third-order valence-corrected chi connectivity index (χ3v) is 4.87. The van der Waals surface area contributed by atoms with Crippen molar-refractivity contribution in [3.05, 3.63) is 77.3 Å². The van der Waals surface area contributed by atoms with Gasteiger partial charge in [0.1, 0.15) is 11.6 Å². The Hall–Kier alpha value is -2.72. The van der Waals surface area contributed by atoms with Crippen LogP contribution in [0.2, 0.25) is 0 Å². The molecule has 4 rings (SSSR count). The predicted octanol–water partition coefficient (Wildman–Crippen LogP) is 4.74. The highest BCUT2D eigenvalue weighted by atomic mass is 32.1. The van der Waals surface area contributed by atoms with Gasteiger partial charge in [0, 0.05) is 0 Å². The lowest BCUT2D eigenvalue weighted by Crippen LogP contribution is -2.07. The second-order valence-electron chi connectivity index (χ2n) is 5.59. The Bertz CT molecular complexity index is 989. The van der Waals surface area contributed by atoms with Crippen LogP contribution in [0.4, 0.5) is 0 Å². The van der Waals surface area contributed by atoms with Gasteiger partial charge >= 0.3 is 5.97 Å². The van der Waals surface area contributed by atoms with E-state index in [1.807, 2.05) is 60.7 Å². The maximum Gasteiger partial charge on any atom is 0.310 e. The predicted molar refractivity (Wildman–Crippen MR) is 97.1 cm³/mol. The van der Waals surface area contributed by atoms with Gasteiger partial charge in [0.2, 0.25) is 0 Å². The van der Waals surface area contributed by atoms with Crippen LogP contribution in [-0.2, 0) is 22.6 Å². The highest BCUT2D eigenvalue weighted by Gasteiger charge is 2.09. The minimum atomic E-state index is -0.232. The first-order chi connectivity index (χ1) is 11.8. The largest absolute Gasteiger partial charge is 0.458 e. The van der Waals surface area contributed by atoms with Crippen LogP contribution in [0, 0.1) is 0 Å². The number of nitrogens with zero attached hydrogens (tertiary/aromatic N) is 1. The summed E-state index contributed by atoms with van der Waals surface area (Å²) in [5.41, 5.74) is 1.91. The van der Waals surface area contributed by atoms with E-state index in [0.29, 0.717) is 0 Å². The van der Waals surface area contributed by atoms with E-state index in [-0.39, 0.29) is 19.0 Å². The summed E-state index contributed by atoms with van der Waals surface area (Å²) in [4.78, 5) is 16.6. The van der Waals surface area contributed by atoms with Crippen molar-refractivity contribution in [3.8, 4) is 0 Å². The molecule has 0 aliphatic rings. The van der Waals surface area contributed by atoms with E-state index < -0.39 is 0 Å². The third kappa shape index (κ3) is 3.14.